The van der Waals surface area contributed by atoms with Crippen LogP contribution < -0.4 is 0 Å². The molecule has 1 N–H and O–H groups in total. The zero-order valence-corrected chi connectivity index (χ0v) is 10.3. The molecular formula is C11H11ClFNO4. The number of aliphatic carboxylic acids is 1. The molecule has 0 aliphatic carbocycles. The van der Waals surface area contributed by atoms with Crippen LogP contribution in [0.3, 0.4) is 0 Å². The van der Waals surface area contributed by atoms with Gasteiger partial charge in [-0.15, -0.1) is 0 Å². The lowest BCUT2D eigenvalue weighted by atomic mass is 9.93. The molecular weight excluding hydrogens is 265 g/mol. The summed E-state index contributed by atoms with van der Waals surface area (Å²) in [4.78, 5) is 21.2. The van der Waals surface area contributed by atoms with Crippen LogP contribution in [0.2, 0.25) is 5.02 Å². The topological polar surface area (TPSA) is 80.4 Å². The standard InChI is InChI=1S/C11H11ClFNO4/c1-2-3-6(11(15)16)7-4-9(13)8(12)5-10(7)14(17)18/h4-6H,2-3H2,1H3,(H,15,16). The molecule has 1 aromatic carbocycles. The number of nitro groups is 1. The molecule has 1 unspecified atom stereocenters. The molecule has 0 saturated heterocycles. The van der Waals surface area contributed by atoms with Crippen molar-refractivity contribution >= 4 is 23.3 Å². The Kier molecular flexibility index (Phi) is 4.61. The van der Waals surface area contributed by atoms with Crippen molar-refractivity contribution in [3.8, 4) is 0 Å². The van der Waals surface area contributed by atoms with Gasteiger partial charge in [0, 0.05) is 11.6 Å². The second-order valence-electron chi connectivity index (χ2n) is 3.76. The molecule has 98 valence electrons. The van der Waals surface area contributed by atoms with Gasteiger partial charge in [-0.2, -0.15) is 0 Å². The highest BCUT2D eigenvalue weighted by atomic mass is 35.5. The van der Waals surface area contributed by atoms with E-state index in [0.717, 1.165) is 12.1 Å². The first-order valence-electron chi connectivity index (χ1n) is 5.24. The van der Waals surface area contributed by atoms with Gasteiger partial charge in [0.1, 0.15) is 5.82 Å². The second kappa shape index (κ2) is 5.77. The maximum Gasteiger partial charge on any atom is 0.311 e. The Balaban J connectivity index is 3.40. The van der Waals surface area contributed by atoms with Crippen LogP contribution >= 0.6 is 11.6 Å². The first-order chi connectivity index (χ1) is 8.38. The largest absolute Gasteiger partial charge is 0.481 e. The van der Waals surface area contributed by atoms with Gasteiger partial charge in [-0.1, -0.05) is 24.9 Å². The molecule has 1 rings (SSSR count). The number of rotatable bonds is 5. The summed E-state index contributed by atoms with van der Waals surface area (Å²) in [6, 6.07) is 1.67. The molecule has 1 atom stereocenters. The summed E-state index contributed by atoms with van der Waals surface area (Å²) in [5.74, 6) is -3.19. The Labute approximate surface area is 107 Å². The monoisotopic (exact) mass is 275 g/mol. The van der Waals surface area contributed by atoms with Gasteiger partial charge in [0.25, 0.3) is 5.69 Å². The van der Waals surface area contributed by atoms with Crippen molar-refractivity contribution in [3.63, 3.8) is 0 Å². The molecule has 0 aliphatic rings. The second-order valence-corrected chi connectivity index (χ2v) is 4.17. The highest BCUT2D eigenvalue weighted by molar-refractivity contribution is 6.31. The van der Waals surface area contributed by atoms with Crippen molar-refractivity contribution in [2.24, 2.45) is 0 Å². The molecule has 18 heavy (non-hydrogen) atoms. The van der Waals surface area contributed by atoms with Gasteiger partial charge in [-0.25, -0.2) is 4.39 Å². The highest BCUT2D eigenvalue weighted by Crippen LogP contribution is 2.33. The van der Waals surface area contributed by atoms with E-state index in [4.69, 9.17) is 16.7 Å². The molecule has 0 radical (unpaired) electrons. The summed E-state index contributed by atoms with van der Waals surface area (Å²) in [7, 11) is 0. The number of carbonyl (C=O) groups is 1. The number of benzene rings is 1. The summed E-state index contributed by atoms with van der Waals surface area (Å²) in [5.41, 5.74) is -0.626. The highest BCUT2D eigenvalue weighted by Gasteiger charge is 2.28. The summed E-state index contributed by atoms with van der Waals surface area (Å²) in [6.45, 7) is 1.74. The fraction of sp³-hybridized carbons (Fsp3) is 0.364. The number of hydrogen-bond donors (Lipinski definition) is 1. The van der Waals surface area contributed by atoms with Crippen LogP contribution in [-0.4, -0.2) is 16.0 Å². The van der Waals surface area contributed by atoms with Crippen molar-refractivity contribution in [1.82, 2.24) is 0 Å². The normalized spacial score (nSPS) is 12.2. The predicted molar refractivity (Wildman–Crippen MR) is 63.3 cm³/mol. The van der Waals surface area contributed by atoms with E-state index in [-0.39, 0.29) is 12.0 Å². The van der Waals surface area contributed by atoms with Crippen LogP contribution in [0.1, 0.15) is 31.2 Å². The van der Waals surface area contributed by atoms with E-state index in [0.29, 0.717) is 6.42 Å². The minimum Gasteiger partial charge on any atom is -0.481 e. The predicted octanol–water partition coefficient (Wildman–Crippen LogP) is 3.36. The molecule has 0 fully saturated rings. The molecule has 0 aliphatic heterocycles. The van der Waals surface area contributed by atoms with Crippen LogP contribution in [0.4, 0.5) is 10.1 Å². The third kappa shape index (κ3) is 2.95. The van der Waals surface area contributed by atoms with Crippen LogP contribution in [0.5, 0.6) is 0 Å². The average Bonchev–Trinajstić information content (AvgIpc) is 2.28. The van der Waals surface area contributed by atoms with Crippen molar-refractivity contribution in [2.75, 3.05) is 0 Å². The number of nitrogens with zero attached hydrogens (tertiary/aromatic N) is 1. The Morgan fingerprint density at radius 3 is 2.67 bits per heavy atom. The van der Waals surface area contributed by atoms with Crippen molar-refractivity contribution in [3.05, 3.63) is 38.7 Å². The van der Waals surface area contributed by atoms with Gasteiger partial charge < -0.3 is 5.11 Å². The number of carboxylic acids is 1. The molecule has 5 nitrogen and oxygen atoms in total. The van der Waals surface area contributed by atoms with E-state index in [1.165, 1.54) is 0 Å². The summed E-state index contributed by atoms with van der Waals surface area (Å²) in [6.07, 6.45) is 0.704. The lowest BCUT2D eigenvalue weighted by Crippen LogP contribution is -2.13. The van der Waals surface area contributed by atoms with E-state index >= 15 is 0 Å². The van der Waals surface area contributed by atoms with Crippen LogP contribution in [0, 0.1) is 15.9 Å². The quantitative estimate of drug-likeness (QED) is 0.660. The Morgan fingerprint density at radius 2 is 2.22 bits per heavy atom. The molecule has 0 bridgehead atoms. The van der Waals surface area contributed by atoms with E-state index in [1.54, 1.807) is 6.92 Å². The minimum atomic E-state index is -1.22. The summed E-state index contributed by atoms with van der Waals surface area (Å²) >= 11 is 5.46. The van der Waals surface area contributed by atoms with E-state index in [2.05, 4.69) is 0 Å². The van der Waals surface area contributed by atoms with Gasteiger partial charge in [0.2, 0.25) is 0 Å². The number of halogens is 2. The maximum absolute atomic E-state index is 13.3. The summed E-state index contributed by atoms with van der Waals surface area (Å²) < 4.78 is 13.3. The van der Waals surface area contributed by atoms with Crippen LogP contribution in [0.25, 0.3) is 0 Å². The van der Waals surface area contributed by atoms with Crippen LogP contribution in [0.15, 0.2) is 12.1 Å². The average molecular weight is 276 g/mol. The van der Waals surface area contributed by atoms with E-state index in [9.17, 15) is 19.3 Å². The van der Waals surface area contributed by atoms with E-state index in [1.807, 2.05) is 0 Å². The molecule has 7 heteroatoms. The van der Waals surface area contributed by atoms with Gasteiger partial charge in [0.15, 0.2) is 0 Å². The molecule has 0 saturated carbocycles. The van der Waals surface area contributed by atoms with Crippen LogP contribution in [-0.2, 0) is 4.79 Å². The first kappa shape index (κ1) is 14.4. The van der Waals surface area contributed by atoms with Gasteiger partial charge in [-0.3, -0.25) is 14.9 Å². The Morgan fingerprint density at radius 1 is 1.61 bits per heavy atom. The lowest BCUT2D eigenvalue weighted by Gasteiger charge is -2.12. The summed E-state index contributed by atoms with van der Waals surface area (Å²) in [5, 5.41) is 19.5. The smallest absolute Gasteiger partial charge is 0.311 e. The molecule has 0 aromatic heterocycles. The first-order valence-corrected chi connectivity index (χ1v) is 5.62. The molecule has 0 spiro atoms. The fourth-order valence-electron chi connectivity index (χ4n) is 1.69. The zero-order valence-electron chi connectivity index (χ0n) is 9.52. The Hall–Kier alpha value is -1.69. The maximum atomic E-state index is 13.3. The molecule has 1 aromatic rings. The van der Waals surface area contributed by atoms with Crippen molar-refractivity contribution in [2.45, 2.75) is 25.7 Å². The molecule has 0 amide bonds. The molecule has 0 heterocycles. The number of nitro benzene ring substituents is 1. The number of carboxylic acid groups (broad SMARTS) is 1. The SMILES string of the molecule is CCCC(C(=O)O)c1cc(F)c(Cl)cc1[N+](=O)[O-]. The number of hydrogen-bond acceptors (Lipinski definition) is 3. The lowest BCUT2D eigenvalue weighted by molar-refractivity contribution is -0.385. The zero-order chi connectivity index (χ0) is 13.9. The van der Waals surface area contributed by atoms with Gasteiger partial charge in [-0.05, 0) is 12.5 Å². The van der Waals surface area contributed by atoms with Gasteiger partial charge in [0.05, 0.1) is 15.9 Å². The Bertz CT molecular complexity index is 492. The van der Waals surface area contributed by atoms with Crippen molar-refractivity contribution in [1.29, 1.82) is 0 Å². The third-order valence-electron chi connectivity index (χ3n) is 2.52. The third-order valence-corrected chi connectivity index (χ3v) is 2.81. The fourth-order valence-corrected chi connectivity index (χ4v) is 1.85. The van der Waals surface area contributed by atoms with Gasteiger partial charge >= 0.3 is 5.97 Å². The van der Waals surface area contributed by atoms with Crippen molar-refractivity contribution < 1.29 is 19.2 Å². The minimum absolute atomic E-state index is 0.156. The van der Waals surface area contributed by atoms with E-state index < -0.39 is 33.3 Å².